The standard InChI is InChI=1S/C11H14O2/c1-8-6-11(7-8)13-10-4-2-9(12)3-5-10/h2-5,8,11-12H,6-7H2,1H3. The molecule has 13 heavy (non-hydrogen) atoms. The summed E-state index contributed by atoms with van der Waals surface area (Å²) < 4.78 is 5.66. The third-order valence-corrected chi connectivity index (χ3v) is 2.47. The molecule has 2 rings (SSSR count). The van der Waals surface area contributed by atoms with Gasteiger partial charge in [0.15, 0.2) is 0 Å². The van der Waals surface area contributed by atoms with Crippen molar-refractivity contribution in [2.45, 2.75) is 25.9 Å². The van der Waals surface area contributed by atoms with Crippen LogP contribution < -0.4 is 4.74 Å². The maximum absolute atomic E-state index is 9.05. The van der Waals surface area contributed by atoms with E-state index >= 15 is 0 Å². The van der Waals surface area contributed by atoms with Gasteiger partial charge in [0.25, 0.3) is 0 Å². The topological polar surface area (TPSA) is 29.5 Å². The highest BCUT2D eigenvalue weighted by atomic mass is 16.5. The van der Waals surface area contributed by atoms with Crippen LogP contribution in [0.1, 0.15) is 19.8 Å². The Morgan fingerprint density at radius 3 is 2.38 bits per heavy atom. The van der Waals surface area contributed by atoms with E-state index in [2.05, 4.69) is 6.92 Å². The number of hydrogen-bond donors (Lipinski definition) is 1. The Hall–Kier alpha value is -1.18. The Bertz CT molecular complexity index is 273. The highest BCUT2D eigenvalue weighted by molar-refractivity contribution is 5.30. The number of phenolic OH excluding ortho intramolecular Hbond substituents is 1. The van der Waals surface area contributed by atoms with Crippen LogP contribution in [0.15, 0.2) is 24.3 Å². The number of hydrogen-bond acceptors (Lipinski definition) is 2. The molecule has 0 spiro atoms. The third kappa shape index (κ3) is 1.94. The van der Waals surface area contributed by atoms with Gasteiger partial charge in [-0.15, -0.1) is 0 Å². The summed E-state index contributed by atoms with van der Waals surface area (Å²) in [6.45, 7) is 2.23. The lowest BCUT2D eigenvalue weighted by atomic mass is 9.84. The van der Waals surface area contributed by atoms with Gasteiger partial charge in [0, 0.05) is 0 Å². The first-order valence-corrected chi connectivity index (χ1v) is 4.70. The molecular weight excluding hydrogens is 164 g/mol. The molecule has 2 heteroatoms. The number of aromatic hydroxyl groups is 1. The fraction of sp³-hybridized carbons (Fsp3) is 0.455. The average Bonchev–Trinajstić information content (AvgIpc) is 2.06. The molecule has 0 bridgehead atoms. The molecule has 1 N–H and O–H groups in total. The van der Waals surface area contributed by atoms with E-state index in [1.165, 1.54) is 0 Å². The third-order valence-electron chi connectivity index (χ3n) is 2.47. The van der Waals surface area contributed by atoms with Crippen LogP contribution in [0.2, 0.25) is 0 Å². The van der Waals surface area contributed by atoms with Gasteiger partial charge < -0.3 is 9.84 Å². The van der Waals surface area contributed by atoms with Crippen molar-refractivity contribution in [1.82, 2.24) is 0 Å². The quantitative estimate of drug-likeness (QED) is 0.754. The van der Waals surface area contributed by atoms with E-state index in [0.717, 1.165) is 24.5 Å². The number of rotatable bonds is 2. The number of phenols is 1. The Labute approximate surface area is 78.2 Å². The summed E-state index contributed by atoms with van der Waals surface area (Å²) in [6, 6.07) is 6.91. The van der Waals surface area contributed by atoms with Crippen molar-refractivity contribution < 1.29 is 9.84 Å². The molecule has 0 aromatic heterocycles. The molecule has 1 aliphatic carbocycles. The van der Waals surface area contributed by atoms with Gasteiger partial charge in [0.2, 0.25) is 0 Å². The Morgan fingerprint density at radius 2 is 1.85 bits per heavy atom. The normalized spacial score (nSPS) is 26.5. The van der Waals surface area contributed by atoms with E-state index in [4.69, 9.17) is 9.84 Å². The first-order chi connectivity index (χ1) is 6.24. The summed E-state index contributed by atoms with van der Waals surface area (Å²) >= 11 is 0. The number of benzene rings is 1. The van der Waals surface area contributed by atoms with E-state index in [0.29, 0.717) is 6.10 Å². The second-order valence-electron chi connectivity index (χ2n) is 3.81. The van der Waals surface area contributed by atoms with Crippen LogP contribution in [0.3, 0.4) is 0 Å². The second-order valence-corrected chi connectivity index (χ2v) is 3.81. The lowest BCUT2D eigenvalue weighted by molar-refractivity contribution is 0.0738. The van der Waals surface area contributed by atoms with Crippen LogP contribution in [-0.4, -0.2) is 11.2 Å². The van der Waals surface area contributed by atoms with Crippen LogP contribution in [0.4, 0.5) is 0 Å². The molecule has 70 valence electrons. The van der Waals surface area contributed by atoms with Crippen molar-refractivity contribution in [2.24, 2.45) is 5.92 Å². The maximum Gasteiger partial charge on any atom is 0.119 e. The van der Waals surface area contributed by atoms with Crippen LogP contribution in [-0.2, 0) is 0 Å². The van der Waals surface area contributed by atoms with E-state index < -0.39 is 0 Å². The fourth-order valence-corrected chi connectivity index (χ4v) is 1.64. The molecule has 1 saturated carbocycles. The van der Waals surface area contributed by atoms with Gasteiger partial charge >= 0.3 is 0 Å². The minimum absolute atomic E-state index is 0.286. The molecule has 1 aliphatic rings. The molecule has 1 aromatic rings. The molecule has 1 aromatic carbocycles. The molecule has 1 fully saturated rings. The summed E-state index contributed by atoms with van der Waals surface area (Å²) in [4.78, 5) is 0. The van der Waals surface area contributed by atoms with Crippen LogP contribution in [0, 0.1) is 5.92 Å². The van der Waals surface area contributed by atoms with Crippen molar-refractivity contribution >= 4 is 0 Å². The van der Waals surface area contributed by atoms with Gasteiger partial charge in [-0.2, -0.15) is 0 Å². The summed E-state index contributed by atoms with van der Waals surface area (Å²) in [6.07, 6.45) is 2.70. The smallest absolute Gasteiger partial charge is 0.119 e. The molecular formula is C11H14O2. The molecule has 0 radical (unpaired) electrons. The van der Waals surface area contributed by atoms with Crippen LogP contribution >= 0.6 is 0 Å². The second kappa shape index (κ2) is 3.29. The summed E-state index contributed by atoms with van der Waals surface area (Å²) in [7, 11) is 0. The molecule has 0 heterocycles. The molecule has 0 amide bonds. The molecule has 0 atom stereocenters. The minimum Gasteiger partial charge on any atom is -0.508 e. The molecule has 0 unspecified atom stereocenters. The first-order valence-electron chi connectivity index (χ1n) is 4.70. The van der Waals surface area contributed by atoms with Gasteiger partial charge in [-0.25, -0.2) is 0 Å². The van der Waals surface area contributed by atoms with Gasteiger partial charge in [-0.1, -0.05) is 6.92 Å². The summed E-state index contributed by atoms with van der Waals surface area (Å²) in [5, 5.41) is 9.05. The van der Waals surface area contributed by atoms with Gasteiger partial charge in [-0.3, -0.25) is 0 Å². The van der Waals surface area contributed by atoms with Crippen molar-refractivity contribution in [1.29, 1.82) is 0 Å². The monoisotopic (exact) mass is 178 g/mol. The van der Waals surface area contributed by atoms with Crippen LogP contribution in [0.5, 0.6) is 11.5 Å². The van der Waals surface area contributed by atoms with E-state index in [9.17, 15) is 0 Å². The zero-order valence-corrected chi connectivity index (χ0v) is 7.73. The van der Waals surface area contributed by atoms with Gasteiger partial charge in [0.1, 0.15) is 11.5 Å². The summed E-state index contributed by atoms with van der Waals surface area (Å²) in [5.74, 6) is 1.95. The van der Waals surface area contributed by atoms with Crippen molar-refractivity contribution in [3.8, 4) is 11.5 Å². The summed E-state index contributed by atoms with van der Waals surface area (Å²) in [5.41, 5.74) is 0. The minimum atomic E-state index is 0.286. The first kappa shape index (κ1) is 8.42. The Kier molecular flexibility index (Phi) is 2.13. The van der Waals surface area contributed by atoms with Crippen LogP contribution in [0.25, 0.3) is 0 Å². The molecule has 0 saturated heterocycles. The highest BCUT2D eigenvalue weighted by Crippen LogP contribution is 2.30. The average molecular weight is 178 g/mol. The van der Waals surface area contributed by atoms with E-state index in [1.807, 2.05) is 0 Å². The Morgan fingerprint density at radius 1 is 1.23 bits per heavy atom. The lowest BCUT2D eigenvalue weighted by Crippen LogP contribution is -2.31. The van der Waals surface area contributed by atoms with Crippen molar-refractivity contribution in [3.05, 3.63) is 24.3 Å². The molecule has 2 nitrogen and oxygen atoms in total. The highest BCUT2D eigenvalue weighted by Gasteiger charge is 2.26. The van der Waals surface area contributed by atoms with E-state index in [-0.39, 0.29) is 5.75 Å². The number of ether oxygens (including phenoxy) is 1. The largest absolute Gasteiger partial charge is 0.508 e. The molecule has 0 aliphatic heterocycles. The predicted octanol–water partition coefficient (Wildman–Crippen LogP) is 2.57. The zero-order chi connectivity index (χ0) is 9.26. The Balaban J connectivity index is 1.91. The zero-order valence-electron chi connectivity index (χ0n) is 7.73. The SMILES string of the molecule is CC1CC(Oc2ccc(O)cc2)C1. The van der Waals surface area contributed by atoms with Crippen molar-refractivity contribution in [2.75, 3.05) is 0 Å². The maximum atomic E-state index is 9.05. The predicted molar refractivity (Wildman–Crippen MR) is 50.9 cm³/mol. The van der Waals surface area contributed by atoms with Gasteiger partial charge in [0.05, 0.1) is 6.10 Å². The lowest BCUT2D eigenvalue weighted by Gasteiger charge is -2.32. The van der Waals surface area contributed by atoms with Gasteiger partial charge in [-0.05, 0) is 43.0 Å². The van der Waals surface area contributed by atoms with Crippen molar-refractivity contribution in [3.63, 3.8) is 0 Å². The van der Waals surface area contributed by atoms with E-state index in [1.54, 1.807) is 24.3 Å². The fourth-order valence-electron chi connectivity index (χ4n) is 1.64.